The number of hydrogen-bond donors (Lipinski definition) is 1. The molecule has 0 bridgehead atoms. The topological polar surface area (TPSA) is 96.0 Å². The standard InChI is InChI=1S/C36H38BrCl2N3O5S/c1-4-25(3)40-36(44)34(22-26-9-7-6-8-10-26)41(23-27-11-20-32(38)33(39)21-27)35(43)24-42(29-14-16-30(17-15-29)47-5-2)48(45,46)31-18-12-28(37)13-19-31/h6-21,25,34H,4-5,22-24H2,1-3H3,(H,40,44)/t25-,34-/m0/s1. The Bertz CT molecular complexity index is 1790. The zero-order valence-corrected chi connectivity index (χ0v) is 30.8. The number of benzene rings is 4. The lowest BCUT2D eigenvalue weighted by Crippen LogP contribution is -2.54. The van der Waals surface area contributed by atoms with Crippen molar-refractivity contribution in [3.63, 3.8) is 0 Å². The van der Waals surface area contributed by atoms with E-state index in [1.165, 1.54) is 17.0 Å². The smallest absolute Gasteiger partial charge is 0.264 e. The summed E-state index contributed by atoms with van der Waals surface area (Å²) >= 11 is 15.9. The predicted octanol–water partition coefficient (Wildman–Crippen LogP) is 7.90. The lowest BCUT2D eigenvalue weighted by molar-refractivity contribution is -0.140. The van der Waals surface area contributed by atoms with Gasteiger partial charge in [0.1, 0.15) is 18.3 Å². The molecule has 0 aliphatic carbocycles. The summed E-state index contributed by atoms with van der Waals surface area (Å²) in [6.45, 7) is 5.51. The summed E-state index contributed by atoms with van der Waals surface area (Å²) in [5, 5.41) is 3.66. The Hall–Kier alpha value is -3.57. The molecule has 1 N–H and O–H groups in total. The first-order valence-corrected chi connectivity index (χ1v) is 18.5. The number of anilines is 1. The SMILES string of the molecule is CCOc1ccc(N(CC(=O)N(Cc2ccc(Cl)c(Cl)c2)[C@@H](Cc2ccccc2)C(=O)N[C@@H](C)CC)S(=O)(=O)c2ccc(Br)cc2)cc1. The van der Waals surface area contributed by atoms with Crippen LogP contribution < -0.4 is 14.4 Å². The van der Waals surface area contributed by atoms with Gasteiger partial charge in [0.15, 0.2) is 0 Å². The van der Waals surface area contributed by atoms with Crippen molar-refractivity contribution in [3.05, 3.63) is 123 Å². The Morgan fingerprint density at radius 3 is 2.15 bits per heavy atom. The van der Waals surface area contributed by atoms with Crippen molar-refractivity contribution in [2.45, 2.75) is 57.1 Å². The zero-order chi connectivity index (χ0) is 34.8. The first-order valence-electron chi connectivity index (χ1n) is 15.5. The van der Waals surface area contributed by atoms with Crippen molar-refractivity contribution < 1.29 is 22.7 Å². The second kappa shape index (κ2) is 17.2. The van der Waals surface area contributed by atoms with E-state index >= 15 is 0 Å². The predicted molar refractivity (Wildman–Crippen MR) is 195 cm³/mol. The van der Waals surface area contributed by atoms with E-state index in [4.69, 9.17) is 27.9 Å². The highest BCUT2D eigenvalue weighted by Gasteiger charge is 2.35. The molecule has 48 heavy (non-hydrogen) atoms. The van der Waals surface area contributed by atoms with E-state index in [2.05, 4.69) is 21.2 Å². The molecule has 8 nitrogen and oxygen atoms in total. The summed E-state index contributed by atoms with van der Waals surface area (Å²) < 4.78 is 35.8. The first-order chi connectivity index (χ1) is 22.9. The molecular weight excluding hydrogens is 737 g/mol. The summed E-state index contributed by atoms with van der Waals surface area (Å²) in [6.07, 6.45) is 0.875. The van der Waals surface area contributed by atoms with Gasteiger partial charge >= 0.3 is 0 Å². The van der Waals surface area contributed by atoms with Gasteiger partial charge in [-0.1, -0.05) is 82.5 Å². The van der Waals surface area contributed by atoms with Crippen molar-refractivity contribution in [1.82, 2.24) is 10.2 Å². The van der Waals surface area contributed by atoms with Crippen LogP contribution in [0.5, 0.6) is 5.75 Å². The average molecular weight is 776 g/mol. The second-order valence-electron chi connectivity index (χ2n) is 11.2. The number of carbonyl (C=O) groups is 2. The van der Waals surface area contributed by atoms with Gasteiger partial charge in [-0.15, -0.1) is 0 Å². The van der Waals surface area contributed by atoms with Crippen LogP contribution in [0.2, 0.25) is 10.0 Å². The van der Waals surface area contributed by atoms with Gasteiger partial charge in [0.2, 0.25) is 11.8 Å². The van der Waals surface area contributed by atoms with E-state index in [0.29, 0.717) is 38.9 Å². The third kappa shape index (κ3) is 9.75. The van der Waals surface area contributed by atoms with Crippen LogP contribution in [0.4, 0.5) is 5.69 Å². The van der Waals surface area contributed by atoms with Crippen LogP contribution in [0.1, 0.15) is 38.3 Å². The monoisotopic (exact) mass is 773 g/mol. The summed E-state index contributed by atoms with van der Waals surface area (Å²) in [4.78, 5) is 30.0. The maximum absolute atomic E-state index is 14.6. The Morgan fingerprint density at radius 2 is 1.54 bits per heavy atom. The quantitative estimate of drug-likeness (QED) is 0.133. The van der Waals surface area contributed by atoms with Gasteiger partial charge in [-0.3, -0.25) is 13.9 Å². The van der Waals surface area contributed by atoms with Gasteiger partial charge in [0.05, 0.1) is 27.2 Å². The normalized spacial score (nSPS) is 12.5. The molecule has 4 aromatic rings. The minimum atomic E-state index is -4.25. The van der Waals surface area contributed by atoms with Crippen LogP contribution in [0.25, 0.3) is 0 Å². The van der Waals surface area contributed by atoms with Gasteiger partial charge in [-0.25, -0.2) is 8.42 Å². The Labute approximate surface area is 301 Å². The molecule has 0 fully saturated rings. The van der Waals surface area contributed by atoms with E-state index in [0.717, 1.165) is 9.87 Å². The van der Waals surface area contributed by atoms with Gasteiger partial charge in [0.25, 0.3) is 10.0 Å². The fourth-order valence-corrected chi connectivity index (χ4v) is 6.97. The van der Waals surface area contributed by atoms with E-state index in [9.17, 15) is 18.0 Å². The van der Waals surface area contributed by atoms with Gasteiger partial charge in [-0.05, 0) is 92.1 Å². The highest BCUT2D eigenvalue weighted by atomic mass is 79.9. The number of ether oxygens (including phenoxy) is 1. The largest absolute Gasteiger partial charge is 0.494 e. The van der Waals surface area contributed by atoms with Crippen molar-refractivity contribution in [1.29, 1.82) is 0 Å². The van der Waals surface area contributed by atoms with Crippen LogP contribution in [-0.4, -0.2) is 50.4 Å². The molecule has 0 saturated carbocycles. The first kappa shape index (κ1) is 37.3. The second-order valence-corrected chi connectivity index (χ2v) is 14.8. The summed E-state index contributed by atoms with van der Waals surface area (Å²) in [5.74, 6) is -0.389. The summed E-state index contributed by atoms with van der Waals surface area (Å²) in [6, 6.07) is 25.9. The molecule has 12 heteroatoms. The molecule has 4 aromatic carbocycles. The van der Waals surface area contributed by atoms with Crippen molar-refractivity contribution in [3.8, 4) is 5.75 Å². The van der Waals surface area contributed by atoms with Crippen LogP contribution in [0, 0.1) is 0 Å². The van der Waals surface area contributed by atoms with Crippen LogP contribution in [0.15, 0.2) is 106 Å². The molecule has 254 valence electrons. The van der Waals surface area contributed by atoms with Crippen LogP contribution >= 0.6 is 39.1 Å². The Kier molecular flexibility index (Phi) is 13.3. The molecule has 0 aliphatic heterocycles. The minimum absolute atomic E-state index is 0.00114. The number of carbonyl (C=O) groups excluding carboxylic acids is 2. The van der Waals surface area contributed by atoms with Crippen molar-refractivity contribution >= 4 is 66.7 Å². The summed E-state index contributed by atoms with van der Waals surface area (Å²) in [5.41, 5.74) is 1.71. The fraction of sp³-hybridized carbons (Fsp3) is 0.278. The molecular formula is C36H38BrCl2N3O5S. The Balaban J connectivity index is 1.82. The molecule has 0 unspecified atom stereocenters. The van der Waals surface area contributed by atoms with Gasteiger partial charge in [0, 0.05) is 23.5 Å². The maximum atomic E-state index is 14.6. The van der Waals surface area contributed by atoms with E-state index in [1.807, 2.05) is 51.1 Å². The number of nitrogens with zero attached hydrogens (tertiary/aromatic N) is 2. The van der Waals surface area contributed by atoms with Gasteiger partial charge in [-0.2, -0.15) is 0 Å². The molecule has 0 aliphatic rings. The number of amides is 2. The molecule has 2 atom stereocenters. The fourth-order valence-electron chi connectivity index (χ4n) is 4.97. The molecule has 0 spiro atoms. The third-order valence-corrected chi connectivity index (χ3v) is 10.8. The Morgan fingerprint density at radius 1 is 0.875 bits per heavy atom. The summed E-state index contributed by atoms with van der Waals surface area (Å²) in [7, 11) is -4.25. The number of sulfonamides is 1. The number of nitrogens with one attached hydrogen (secondary N) is 1. The van der Waals surface area contributed by atoms with Crippen molar-refractivity contribution in [2.75, 3.05) is 17.5 Å². The molecule has 0 aromatic heterocycles. The maximum Gasteiger partial charge on any atom is 0.264 e. The number of rotatable bonds is 15. The highest BCUT2D eigenvalue weighted by Crippen LogP contribution is 2.29. The zero-order valence-electron chi connectivity index (χ0n) is 26.9. The van der Waals surface area contributed by atoms with Gasteiger partial charge < -0.3 is 15.0 Å². The van der Waals surface area contributed by atoms with Crippen LogP contribution in [0.3, 0.4) is 0 Å². The number of hydrogen-bond acceptors (Lipinski definition) is 5. The molecule has 0 heterocycles. The van der Waals surface area contributed by atoms with E-state index in [-0.39, 0.29) is 35.5 Å². The molecule has 0 radical (unpaired) electrons. The molecule has 4 rings (SSSR count). The lowest BCUT2D eigenvalue weighted by atomic mass is 10.0. The third-order valence-electron chi connectivity index (χ3n) is 7.73. The number of halogens is 3. The average Bonchev–Trinajstić information content (AvgIpc) is 3.07. The van der Waals surface area contributed by atoms with Crippen molar-refractivity contribution in [2.24, 2.45) is 0 Å². The van der Waals surface area contributed by atoms with E-state index in [1.54, 1.807) is 54.6 Å². The molecule has 2 amide bonds. The highest BCUT2D eigenvalue weighted by molar-refractivity contribution is 9.10. The molecule has 0 saturated heterocycles. The minimum Gasteiger partial charge on any atom is -0.494 e. The van der Waals surface area contributed by atoms with E-state index < -0.39 is 28.5 Å². The van der Waals surface area contributed by atoms with Crippen LogP contribution in [-0.2, 0) is 32.6 Å². The lowest BCUT2D eigenvalue weighted by Gasteiger charge is -2.34.